The highest BCUT2D eigenvalue weighted by Gasteiger charge is 2.32. The maximum absolute atomic E-state index is 12.6. The molecule has 3 nitrogen and oxygen atoms in total. The van der Waals surface area contributed by atoms with Gasteiger partial charge in [-0.2, -0.15) is 18.3 Å². The molecule has 0 amide bonds. The monoisotopic (exact) mass is 261 g/mol. The Labute approximate surface area is 102 Å². The zero-order valence-corrected chi connectivity index (χ0v) is 9.69. The topological polar surface area (TPSA) is 50.4 Å². The lowest BCUT2D eigenvalue weighted by Crippen LogP contribution is -2.24. The Kier molecular flexibility index (Phi) is 4.06. The number of benzene rings is 1. The van der Waals surface area contributed by atoms with E-state index < -0.39 is 11.7 Å². The molecule has 0 aliphatic rings. The second kappa shape index (κ2) is 5.13. The average molecular weight is 261 g/mol. The summed E-state index contributed by atoms with van der Waals surface area (Å²) in [6.45, 7) is 1.69. The van der Waals surface area contributed by atoms with Crippen molar-refractivity contribution < 1.29 is 13.2 Å². The number of halogens is 3. The first kappa shape index (κ1) is 13.4. The number of alkyl halides is 3. The van der Waals surface area contributed by atoms with Crippen molar-refractivity contribution in [3.63, 3.8) is 0 Å². The molecule has 0 aliphatic heterocycles. The summed E-state index contributed by atoms with van der Waals surface area (Å²) in [6.07, 6.45) is -3.38. The second-order valence-corrected chi connectivity index (χ2v) is 3.76. The molecule has 1 aromatic carbocycles. The smallest absolute Gasteiger partial charge is 0.375 e. The molecule has 0 bridgehead atoms. The number of rotatable bonds is 2. The molecule has 17 heavy (non-hydrogen) atoms. The summed E-state index contributed by atoms with van der Waals surface area (Å²) in [5.74, 6) is 0. The van der Waals surface area contributed by atoms with Gasteiger partial charge in [-0.05, 0) is 31.3 Å². The maximum atomic E-state index is 12.6. The maximum Gasteiger partial charge on any atom is 0.417 e. The molecule has 3 N–H and O–H groups in total. The van der Waals surface area contributed by atoms with Gasteiger partial charge in [-0.3, -0.25) is 5.43 Å². The van der Waals surface area contributed by atoms with Crippen molar-refractivity contribution in [3.05, 3.63) is 34.9 Å². The standard InChI is InChI=1S/C10H10F3N3S/c1-6-2-3-8(10(11,12)13)7(4-6)5-15-16-9(14)17/h2-5H,1H3,(H3,14,16,17). The average Bonchev–Trinajstić information content (AvgIpc) is 2.15. The van der Waals surface area contributed by atoms with E-state index in [2.05, 4.69) is 22.7 Å². The first-order valence-electron chi connectivity index (χ1n) is 4.57. The van der Waals surface area contributed by atoms with Gasteiger partial charge in [-0.25, -0.2) is 0 Å². The van der Waals surface area contributed by atoms with Crippen molar-refractivity contribution in [1.29, 1.82) is 0 Å². The Bertz CT molecular complexity index is 455. The molecule has 0 aliphatic carbocycles. The molecule has 0 radical (unpaired) electrons. The van der Waals surface area contributed by atoms with E-state index in [0.717, 1.165) is 12.3 Å². The number of hydrazone groups is 1. The van der Waals surface area contributed by atoms with E-state index in [1.165, 1.54) is 12.1 Å². The fourth-order valence-corrected chi connectivity index (χ4v) is 1.27. The molecule has 1 aromatic rings. The van der Waals surface area contributed by atoms with E-state index >= 15 is 0 Å². The lowest BCUT2D eigenvalue weighted by atomic mass is 10.1. The molecule has 0 aromatic heterocycles. The second-order valence-electron chi connectivity index (χ2n) is 3.32. The van der Waals surface area contributed by atoms with Crippen LogP contribution in [0.15, 0.2) is 23.3 Å². The van der Waals surface area contributed by atoms with Gasteiger partial charge >= 0.3 is 6.18 Å². The highest BCUT2D eigenvalue weighted by Crippen LogP contribution is 2.31. The third-order valence-electron chi connectivity index (χ3n) is 1.89. The van der Waals surface area contributed by atoms with Crippen LogP contribution in [0.5, 0.6) is 0 Å². The number of hydrogen-bond acceptors (Lipinski definition) is 2. The molecule has 0 atom stereocenters. The summed E-state index contributed by atoms with van der Waals surface area (Å²) >= 11 is 4.47. The van der Waals surface area contributed by atoms with Crippen molar-refractivity contribution in [2.24, 2.45) is 10.8 Å². The lowest BCUT2D eigenvalue weighted by Gasteiger charge is -2.10. The molecule has 92 valence electrons. The van der Waals surface area contributed by atoms with Gasteiger partial charge in [0.25, 0.3) is 0 Å². The van der Waals surface area contributed by atoms with Gasteiger partial charge in [-0.1, -0.05) is 11.6 Å². The van der Waals surface area contributed by atoms with Crippen LogP contribution in [0.25, 0.3) is 0 Å². The SMILES string of the molecule is Cc1ccc(C(F)(F)F)c(C=NNC(N)=S)c1. The van der Waals surface area contributed by atoms with Crippen LogP contribution in [-0.4, -0.2) is 11.3 Å². The minimum absolute atomic E-state index is 0.0405. The van der Waals surface area contributed by atoms with Crippen LogP contribution in [0.2, 0.25) is 0 Å². The van der Waals surface area contributed by atoms with Crippen molar-refractivity contribution in [3.8, 4) is 0 Å². The number of thiocarbonyl (C=S) groups is 1. The predicted molar refractivity (Wildman–Crippen MR) is 63.7 cm³/mol. The number of hydrogen-bond donors (Lipinski definition) is 2. The molecule has 0 fully saturated rings. The van der Waals surface area contributed by atoms with Crippen LogP contribution in [0.4, 0.5) is 13.2 Å². The summed E-state index contributed by atoms with van der Waals surface area (Å²) < 4.78 is 37.9. The number of aryl methyl sites for hydroxylation is 1. The summed E-state index contributed by atoms with van der Waals surface area (Å²) in [7, 11) is 0. The minimum atomic E-state index is -4.42. The Balaban J connectivity index is 3.08. The van der Waals surface area contributed by atoms with Gasteiger partial charge in [0, 0.05) is 5.56 Å². The number of nitrogens with one attached hydrogen (secondary N) is 1. The number of nitrogens with two attached hydrogens (primary N) is 1. The Morgan fingerprint density at radius 2 is 2.12 bits per heavy atom. The van der Waals surface area contributed by atoms with E-state index in [0.29, 0.717) is 5.56 Å². The van der Waals surface area contributed by atoms with Gasteiger partial charge in [0.1, 0.15) is 0 Å². The fraction of sp³-hybridized carbons (Fsp3) is 0.200. The van der Waals surface area contributed by atoms with Crippen molar-refractivity contribution in [2.75, 3.05) is 0 Å². The van der Waals surface area contributed by atoms with Gasteiger partial charge in [0.2, 0.25) is 0 Å². The van der Waals surface area contributed by atoms with Crippen LogP contribution in [-0.2, 0) is 6.18 Å². The Morgan fingerprint density at radius 3 is 2.65 bits per heavy atom. The van der Waals surface area contributed by atoms with Crippen molar-refractivity contribution in [2.45, 2.75) is 13.1 Å². The molecule has 0 unspecified atom stereocenters. The fourth-order valence-electron chi connectivity index (χ4n) is 1.21. The summed E-state index contributed by atoms with van der Waals surface area (Å²) in [5, 5.41) is 3.41. The predicted octanol–water partition coefficient (Wildman–Crippen LogP) is 2.18. The van der Waals surface area contributed by atoms with Crippen LogP contribution >= 0.6 is 12.2 Å². The Hall–Kier alpha value is -1.63. The minimum Gasteiger partial charge on any atom is -0.375 e. The van der Waals surface area contributed by atoms with E-state index in [1.807, 2.05) is 0 Å². The largest absolute Gasteiger partial charge is 0.417 e. The molecular formula is C10H10F3N3S. The van der Waals surface area contributed by atoms with E-state index in [-0.39, 0.29) is 10.7 Å². The molecule has 0 spiro atoms. The molecule has 7 heteroatoms. The van der Waals surface area contributed by atoms with Crippen LogP contribution < -0.4 is 11.2 Å². The molecule has 0 heterocycles. The third kappa shape index (κ3) is 4.03. The van der Waals surface area contributed by atoms with Crippen molar-refractivity contribution >= 4 is 23.5 Å². The van der Waals surface area contributed by atoms with Gasteiger partial charge < -0.3 is 5.73 Å². The summed E-state index contributed by atoms with van der Waals surface area (Å²) in [6, 6.07) is 3.78. The lowest BCUT2D eigenvalue weighted by molar-refractivity contribution is -0.137. The van der Waals surface area contributed by atoms with Gasteiger partial charge in [0.05, 0.1) is 11.8 Å². The summed E-state index contributed by atoms with van der Waals surface area (Å²) in [5.41, 5.74) is 7.21. The van der Waals surface area contributed by atoms with E-state index in [9.17, 15) is 13.2 Å². The summed E-state index contributed by atoms with van der Waals surface area (Å²) in [4.78, 5) is 0. The highest BCUT2D eigenvalue weighted by atomic mass is 32.1. The highest BCUT2D eigenvalue weighted by molar-refractivity contribution is 7.80. The van der Waals surface area contributed by atoms with Crippen LogP contribution in [0, 0.1) is 6.92 Å². The molecular weight excluding hydrogens is 251 g/mol. The van der Waals surface area contributed by atoms with Gasteiger partial charge in [0.15, 0.2) is 5.11 Å². The van der Waals surface area contributed by atoms with Crippen LogP contribution in [0.3, 0.4) is 0 Å². The third-order valence-corrected chi connectivity index (χ3v) is 1.98. The zero-order chi connectivity index (χ0) is 13.1. The van der Waals surface area contributed by atoms with Gasteiger partial charge in [-0.15, -0.1) is 0 Å². The van der Waals surface area contributed by atoms with Crippen molar-refractivity contribution in [1.82, 2.24) is 5.43 Å². The first-order valence-corrected chi connectivity index (χ1v) is 4.98. The molecule has 1 rings (SSSR count). The quantitative estimate of drug-likeness (QED) is 0.487. The van der Waals surface area contributed by atoms with Crippen LogP contribution in [0.1, 0.15) is 16.7 Å². The number of nitrogens with zero attached hydrogens (tertiary/aromatic N) is 1. The van der Waals surface area contributed by atoms with E-state index in [1.54, 1.807) is 6.92 Å². The normalized spacial score (nSPS) is 11.8. The Morgan fingerprint density at radius 1 is 1.47 bits per heavy atom. The molecule has 0 saturated carbocycles. The molecule has 0 saturated heterocycles. The first-order chi connectivity index (χ1) is 7.80. The zero-order valence-electron chi connectivity index (χ0n) is 8.88. The van der Waals surface area contributed by atoms with E-state index in [4.69, 9.17) is 5.73 Å².